The molecule has 0 heterocycles. The summed E-state index contributed by atoms with van der Waals surface area (Å²) >= 11 is 0. The zero-order chi connectivity index (χ0) is 8.77. The summed E-state index contributed by atoms with van der Waals surface area (Å²) in [5.74, 6) is 3.21. The molecule has 0 bridgehead atoms. The average Bonchev–Trinajstić information content (AvgIpc) is 2.72. The van der Waals surface area contributed by atoms with Crippen LogP contribution in [0.1, 0.15) is 52.9 Å². The molecule has 2 fully saturated rings. The van der Waals surface area contributed by atoms with Crippen LogP contribution in [0, 0.1) is 23.2 Å². The van der Waals surface area contributed by atoms with Crippen LogP contribution in [0.5, 0.6) is 0 Å². The van der Waals surface area contributed by atoms with E-state index in [0.717, 1.165) is 23.2 Å². The highest BCUT2D eigenvalue weighted by Crippen LogP contribution is 2.65. The van der Waals surface area contributed by atoms with Crippen LogP contribution in [-0.2, 0) is 0 Å². The molecule has 0 radical (unpaired) electrons. The second kappa shape index (κ2) is 2.75. The number of hydrogen-bond donors (Lipinski definition) is 0. The first-order valence-electron chi connectivity index (χ1n) is 5.68. The number of fused-ring (bicyclic) bond motifs is 1. The Morgan fingerprint density at radius 2 is 2.17 bits per heavy atom. The molecule has 2 aliphatic rings. The Hall–Kier alpha value is 0. The van der Waals surface area contributed by atoms with Crippen molar-refractivity contribution in [2.45, 2.75) is 52.9 Å². The van der Waals surface area contributed by atoms with Gasteiger partial charge in [-0.25, -0.2) is 0 Å². The van der Waals surface area contributed by atoms with Gasteiger partial charge in [0.2, 0.25) is 0 Å². The summed E-state index contributed by atoms with van der Waals surface area (Å²) < 4.78 is 0. The summed E-state index contributed by atoms with van der Waals surface area (Å²) in [6, 6.07) is 0. The molecule has 0 aromatic carbocycles. The van der Waals surface area contributed by atoms with Crippen LogP contribution in [-0.4, -0.2) is 0 Å². The molecule has 3 unspecified atom stereocenters. The SMILES string of the molecule is CCC1(CC(C)C)CCC2CC21. The van der Waals surface area contributed by atoms with Gasteiger partial charge in [-0.2, -0.15) is 0 Å². The fraction of sp³-hybridized carbons (Fsp3) is 1.00. The second-order valence-electron chi connectivity index (χ2n) is 5.45. The normalized spacial score (nSPS) is 45.0. The van der Waals surface area contributed by atoms with Gasteiger partial charge in [0.25, 0.3) is 0 Å². The molecule has 2 aliphatic carbocycles. The summed E-state index contributed by atoms with van der Waals surface area (Å²) in [5.41, 5.74) is 0.791. The van der Waals surface area contributed by atoms with Crippen molar-refractivity contribution in [3.05, 3.63) is 0 Å². The summed E-state index contributed by atoms with van der Waals surface area (Å²) in [4.78, 5) is 0. The summed E-state index contributed by atoms with van der Waals surface area (Å²) in [6.07, 6.45) is 7.58. The Kier molecular flexibility index (Phi) is 1.97. The summed E-state index contributed by atoms with van der Waals surface area (Å²) in [7, 11) is 0. The van der Waals surface area contributed by atoms with Gasteiger partial charge in [-0.15, -0.1) is 0 Å². The molecule has 0 aromatic heterocycles. The molecule has 0 aromatic rings. The van der Waals surface area contributed by atoms with Gasteiger partial charge in [-0.1, -0.05) is 27.2 Å². The topological polar surface area (TPSA) is 0 Å². The van der Waals surface area contributed by atoms with Crippen molar-refractivity contribution in [1.29, 1.82) is 0 Å². The third-order valence-corrected chi connectivity index (χ3v) is 4.24. The first-order chi connectivity index (χ1) is 5.68. The standard InChI is InChI=1S/C12H22/c1-4-12(8-9(2)3)6-5-10-7-11(10)12/h9-11H,4-8H2,1-3H3. The Balaban J connectivity index is 2.03. The van der Waals surface area contributed by atoms with Crippen LogP contribution in [0.15, 0.2) is 0 Å². The smallest absolute Gasteiger partial charge is 0.0267 e. The maximum atomic E-state index is 2.41. The summed E-state index contributed by atoms with van der Waals surface area (Å²) in [5, 5.41) is 0. The molecular weight excluding hydrogens is 144 g/mol. The molecule has 0 spiro atoms. The van der Waals surface area contributed by atoms with E-state index in [1.54, 1.807) is 12.8 Å². The quantitative estimate of drug-likeness (QED) is 0.597. The van der Waals surface area contributed by atoms with E-state index >= 15 is 0 Å². The molecule has 0 aliphatic heterocycles. The molecule has 3 atom stereocenters. The minimum atomic E-state index is 0.791. The lowest BCUT2D eigenvalue weighted by Crippen LogP contribution is -2.21. The Morgan fingerprint density at radius 3 is 2.50 bits per heavy atom. The molecule has 70 valence electrons. The molecule has 2 rings (SSSR count). The van der Waals surface area contributed by atoms with Crippen molar-refractivity contribution in [2.75, 3.05) is 0 Å². The van der Waals surface area contributed by atoms with Gasteiger partial charge in [0.05, 0.1) is 0 Å². The van der Waals surface area contributed by atoms with Crippen molar-refractivity contribution in [2.24, 2.45) is 23.2 Å². The molecule has 12 heavy (non-hydrogen) atoms. The molecular formula is C12H22. The molecule has 0 saturated heterocycles. The highest BCUT2D eigenvalue weighted by atomic mass is 14.6. The highest BCUT2D eigenvalue weighted by Gasteiger charge is 2.56. The van der Waals surface area contributed by atoms with Crippen LogP contribution in [0.25, 0.3) is 0 Å². The van der Waals surface area contributed by atoms with Crippen molar-refractivity contribution < 1.29 is 0 Å². The van der Waals surface area contributed by atoms with E-state index in [9.17, 15) is 0 Å². The van der Waals surface area contributed by atoms with Gasteiger partial charge >= 0.3 is 0 Å². The van der Waals surface area contributed by atoms with E-state index in [0.29, 0.717) is 0 Å². The van der Waals surface area contributed by atoms with Gasteiger partial charge < -0.3 is 0 Å². The summed E-state index contributed by atoms with van der Waals surface area (Å²) in [6.45, 7) is 7.17. The average molecular weight is 166 g/mol. The maximum absolute atomic E-state index is 2.41. The molecule has 0 amide bonds. The molecule has 2 saturated carbocycles. The molecule has 0 N–H and O–H groups in total. The predicted molar refractivity (Wildman–Crippen MR) is 53.0 cm³/mol. The van der Waals surface area contributed by atoms with E-state index in [1.165, 1.54) is 19.3 Å². The third-order valence-electron chi connectivity index (χ3n) is 4.24. The first-order valence-corrected chi connectivity index (χ1v) is 5.68. The van der Waals surface area contributed by atoms with Gasteiger partial charge in [-0.05, 0) is 48.9 Å². The number of rotatable bonds is 3. The van der Waals surface area contributed by atoms with E-state index in [4.69, 9.17) is 0 Å². The monoisotopic (exact) mass is 166 g/mol. The van der Waals surface area contributed by atoms with E-state index in [-0.39, 0.29) is 0 Å². The van der Waals surface area contributed by atoms with Gasteiger partial charge in [0.1, 0.15) is 0 Å². The maximum Gasteiger partial charge on any atom is -0.0267 e. The molecule has 0 nitrogen and oxygen atoms in total. The Morgan fingerprint density at radius 1 is 1.42 bits per heavy atom. The highest BCUT2D eigenvalue weighted by molar-refractivity contribution is 5.05. The zero-order valence-electron chi connectivity index (χ0n) is 8.77. The van der Waals surface area contributed by atoms with E-state index in [1.807, 2.05) is 0 Å². The van der Waals surface area contributed by atoms with Crippen LogP contribution in [0.2, 0.25) is 0 Å². The van der Waals surface area contributed by atoms with Crippen LogP contribution in [0.4, 0.5) is 0 Å². The van der Waals surface area contributed by atoms with E-state index < -0.39 is 0 Å². The van der Waals surface area contributed by atoms with E-state index in [2.05, 4.69) is 20.8 Å². The second-order valence-corrected chi connectivity index (χ2v) is 5.45. The third kappa shape index (κ3) is 1.20. The van der Waals surface area contributed by atoms with Crippen molar-refractivity contribution >= 4 is 0 Å². The lowest BCUT2D eigenvalue weighted by molar-refractivity contribution is 0.188. The Bertz CT molecular complexity index is 171. The first kappa shape index (κ1) is 8.59. The minimum absolute atomic E-state index is 0.791. The largest absolute Gasteiger partial charge is 0.0648 e. The van der Waals surface area contributed by atoms with Crippen LogP contribution < -0.4 is 0 Å². The lowest BCUT2D eigenvalue weighted by Gasteiger charge is -2.31. The zero-order valence-corrected chi connectivity index (χ0v) is 8.77. The van der Waals surface area contributed by atoms with Crippen molar-refractivity contribution in [3.8, 4) is 0 Å². The fourth-order valence-corrected chi connectivity index (χ4v) is 3.62. The van der Waals surface area contributed by atoms with Crippen LogP contribution in [0.3, 0.4) is 0 Å². The predicted octanol–water partition coefficient (Wildman–Crippen LogP) is 3.86. The lowest BCUT2D eigenvalue weighted by atomic mass is 9.74. The van der Waals surface area contributed by atoms with Gasteiger partial charge in [0, 0.05) is 0 Å². The van der Waals surface area contributed by atoms with Crippen LogP contribution >= 0.6 is 0 Å². The van der Waals surface area contributed by atoms with Crippen molar-refractivity contribution in [3.63, 3.8) is 0 Å². The van der Waals surface area contributed by atoms with Gasteiger partial charge in [0.15, 0.2) is 0 Å². The Labute approximate surface area is 76.7 Å². The minimum Gasteiger partial charge on any atom is -0.0648 e. The fourth-order valence-electron chi connectivity index (χ4n) is 3.62. The van der Waals surface area contributed by atoms with Gasteiger partial charge in [-0.3, -0.25) is 0 Å². The molecule has 0 heteroatoms. The van der Waals surface area contributed by atoms with Crippen molar-refractivity contribution in [1.82, 2.24) is 0 Å². The number of hydrogen-bond acceptors (Lipinski definition) is 0.